The molecule has 0 radical (unpaired) electrons. The van der Waals surface area contributed by atoms with Gasteiger partial charge in [-0.05, 0) is 74.7 Å². The first-order valence-corrected chi connectivity index (χ1v) is 11.5. The predicted octanol–water partition coefficient (Wildman–Crippen LogP) is 3.44. The van der Waals surface area contributed by atoms with Crippen LogP contribution in [0.5, 0.6) is 11.5 Å². The van der Waals surface area contributed by atoms with Crippen LogP contribution in [0.2, 0.25) is 0 Å². The Labute approximate surface area is 178 Å². The Bertz CT molecular complexity index is 989. The molecule has 2 aromatic carbocycles. The summed E-state index contributed by atoms with van der Waals surface area (Å²) in [5, 5.41) is 2.88. The average molecular weight is 433 g/mol. The maximum absolute atomic E-state index is 13.1. The molecular formula is C22H28N2O5S. The van der Waals surface area contributed by atoms with Crippen LogP contribution in [0.15, 0.2) is 47.4 Å². The van der Waals surface area contributed by atoms with Crippen LogP contribution in [0.3, 0.4) is 0 Å². The fourth-order valence-electron chi connectivity index (χ4n) is 3.58. The number of sulfonamides is 1. The molecule has 0 spiro atoms. The van der Waals surface area contributed by atoms with E-state index < -0.39 is 15.9 Å². The lowest BCUT2D eigenvalue weighted by atomic mass is 9.99. The number of nitrogens with one attached hydrogen (secondary N) is 1. The molecule has 1 atom stereocenters. The van der Waals surface area contributed by atoms with E-state index in [1.54, 1.807) is 56.5 Å². The van der Waals surface area contributed by atoms with Crippen LogP contribution in [0, 0.1) is 12.8 Å². The quantitative estimate of drug-likeness (QED) is 0.724. The number of benzene rings is 2. The third-order valence-electron chi connectivity index (χ3n) is 5.19. The first-order chi connectivity index (χ1) is 14.3. The van der Waals surface area contributed by atoms with Gasteiger partial charge in [-0.1, -0.05) is 0 Å². The summed E-state index contributed by atoms with van der Waals surface area (Å²) in [6, 6.07) is 12.0. The smallest absolute Gasteiger partial charge is 0.243 e. The first-order valence-electron chi connectivity index (χ1n) is 10.0. The second kappa shape index (κ2) is 9.49. The molecule has 1 heterocycles. The molecule has 8 heteroatoms. The molecule has 0 saturated carbocycles. The Morgan fingerprint density at radius 1 is 1.20 bits per heavy atom. The maximum Gasteiger partial charge on any atom is 0.243 e. The molecule has 3 rings (SSSR count). The predicted molar refractivity (Wildman–Crippen MR) is 115 cm³/mol. The zero-order valence-electron chi connectivity index (χ0n) is 17.6. The number of ether oxygens (including phenoxy) is 2. The van der Waals surface area contributed by atoms with Crippen molar-refractivity contribution in [2.75, 3.05) is 32.1 Å². The van der Waals surface area contributed by atoms with Gasteiger partial charge in [-0.15, -0.1) is 0 Å². The lowest BCUT2D eigenvalue weighted by Gasteiger charge is -2.31. The van der Waals surface area contributed by atoms with Gasteiger partial charge in [0.2, 0.25) is 15.9 Å². The van der Waals surface area contributed by atoms with Gasteiger partial charge in [-0.2, -0.15) is 4.31 Å². The minimum Gasteiger partial charge on any atom is -0.496 e. The summed E-state index contributed by atoms with van der Waals surface area (Å²) in [5.41, 5.74) is 1.41. The summed E-state index contributed by atoms with van der Waals surface area (Å²) < 4.78 is 38.2. The molecule has 1 aliphatic heterocycles. The van der Waals surface area contributed by atoms with Crippen molar-refractivity contribution in [2.24, 2.45) is 5.92 Å². The van der Waals surface area contributed by atoms with E-state index in [0.29, 0.717) is 37.4 Å². The normalized spacial score (nSPS) is 17.4. The Hall–Kier alpha value is -2.58. The highest BCUT2D eigenvalue weighted by molar-refractivity contribution is 7.89. The van der Waals surface area contributed by atoms with Crippen LogP contribution in [0.4, 0.5) is 5.69 Å². The van der Waals surface area contributed by atoms with E-state index in [9.17, 15) is 13.2 Å². The van der Waals surface area contributed by atoms with Crippen LogP contribution in [-0.4, -0.2) is 45.4 Å². The number of amides is 1. The lowest BCUT2D eigenvalue weighted by Crippen LogP contribution is -2.43. The van der Waals surface area contributed by atoms with Crippen LogP contribution in [0.25, 0.3) is 0 Å². The number of aryl methyl sites for hydroxylation is 1. The highest BCUT2D eigenvalue weighted by atomic mass is 32.2. The Morgan fingerprint density at radius 3 is 2.57 bits per heavy atom. The second-order valence-corrected chi connectivity index (χ2v) is 9.22. The van der Waals surface area contributed by atoms with Gasteiger partial charge < -0.3 is 14.8 Å². The van der Waals surface area contributed by atoms with E-state index in [2.05, 4.69) is 5.32 Å². The molecule has 0 unspecified atom stereocenters. The van der Waals surface area contributed by atoms with Crippen molar-refractivity contribution in [3.63, 3.8) is 0 Å². The van der Waals surface area contributed by atoms with Gasteiger partial charge in [0.05, 0.1) is 24.5 Å². The number of hydrogen-bond acceptors (Lipinski definition) is 5. The number of methoxy groups -OCH3 is 1. The van der Waals surface area contributed by atoms with Crippen molar-refractivity contribution in [3.8, 4) is 11.5 Å². The average Bonchev–Trinajstić information content (AvgIpc) is 2.75. The van der Waals surface area contributed by atoms with Crippen LogP contribution in [-0.2, 0) is 14.8 Å². The van der Waals surface area contributed by atoms with E-state index in [4.69, 9.17) is 9.47 Å². The maximum atomic E-state index is 13.1. The topological polar surface area (TPSA) is 84.9 Å². The van der Waals surface area contributed by atoms with Gasteiger partial charge in [0, 0.05) is 18.8 Å². The molecule has 1 N–H and O–H groups in total. The fourth-order valence-corrected chi connectivity index (χ4v) is 5.19. The summed E-state index contributed by atoms with van der Waals surface area (Å²) in [6.45, 7) is 4.86. The standard InChI is InChI=1S/C22H28N2O5S/c1-4-29-19-9-7-18(8-10-19)23-22(25)17-6-5-13-24(15-17)30(26,27)20-11-12-21(28-3)16(2)14-20/h7-12,14,17H,4-6,13,15H2,1-3H3,(H,23,25)/t17-/m1/s1. The molecule has 0 aromatic heterocycles. The summed E-state index contributed by atoms with van der Waals surface area (Å²) in [6.07, 6.45) is 1.28. The highest BCUT2D eigenvalue weighted by Gasteiger charge is 2.33. The van der Waals surface area contributed by atoms with Gasteiger partial charge in [0.1, 0.15) is 11.5 Å². The second-order valence-electron chi connectivity index (χ2n) is 7.28. The van der Waals surface area contributed by atoms with Crippen molar-refractivity contribution in [1.29, 1.82) is 0 Å². The van der Waals surface area contributed by atoms with Gasteiger partial charge in [-0.25, -0.2) is 8.42 Å². The Kier molecular flexibility index (Phi) is 6.99. The Balaban J connectivity index is 1.69. The summed E-state index contributed by atoms with van der Waals surface area (Å²) in [4.78, 5) is 13.0. The van der Waals surface area contributed by atoms with E-state index in [-0.39, 0.29) is 17.3 Å². The zero-order chi connectivity index (χ0) is 21.7. The summed E-state index contributed by atoms with van der Waals surface area (Å²) in [5.74, 6) is 0.796. The molecule has 1 aliphatic rings. The largest absolute Gasteiger partial charge is 0.496 e. The molecule has 1 saturated heterocycles. The molecular weight excluding hydrogens is 404 g/mol. The van der Waals surface area contributed by atoms with Crippen molar-refractivity contribution in [3.05, 3.63) is 48.0 Å². The van der Waals surface area contributed by atoms with E-state index >= 15 is 0 Å². The molecule has 2 aromatic rings. The molecule has 1 fully saturated rings. The third kappa shape index (κ3) is 4.94. The molecule has 30 heavy (non-hydrogen) atoms. The molecule has 0 bridgehead atoms. The van der Waals surface area contributed by atoms with Crippen LogP contribution in [0.1, 0.15) is 25.3 Å². The molecule has 7 nitrogen and oxygen atoms in total. The van der Waals surface area contributed by atoms with E-state index in [1.165, 1.54) is 4.31 Å². The molecule has 1 amide bonds. The van der Waals surface area contributed by atoms with Crippen LogP contribution >= 0.6 is 0 Å². The first kappa shape index (κ1) is 22.1. The fraction of sp³-hybridized carbons (Fsp3) is 0.409. The van der Waals surface area contributed by atoms with Gasteiger partial charge in [0.25, 0.3) is 0 Å². The summed E-state index contributed by atoms with van der Waals surface area (Å²) in [7, 11) is -2.13. The minimum absolute atomic E-state index is 0.163. The van der Waals surface area contributed by atoms with E-state index in [0.717, 1.165) is 11.3 Å². The third-order valence-corrected chi connectivity index (χ3v) is 7.05. The number of hydrogen-bond donors (Lipinski definition) is 1. The highest BCUT2D eigenvalue weighted by Crippen LogP contribution is 2.28. The van der Waals surface area contributed by atoms with Crippen molar-refractivity contribution >= 4 is 21.6 Å². The number of carbonyl (C=O) groups excluding carboxylic acids is 1. The van der Waals surface area contributed by atoms with Gasteiger partial charge in [-0.3, -0.25) is 4.79 Å². The van der Waals surface area contributed by atoms with Crippen molar-refractivity contribution in [1.82, 2.24) is 4.31 Å². The number of carbonyl (C=O) groups is 1. The van der Waals surface area contributed by atoms with Crippen molar-refractivity contribution < 1.29 is 22.7 Å². The van der Waals surface area contributed by atoms with Gasteiger partial charge in [0.15, 0.2) is 0 Å². The van der Waals surface area contributed by atoms with E-state index in [1.807, 2.05) is 6.92 Å². The Morgan fingerprint density at radius 2 is 1.93 bits per heavy atom. The van der Waals surface area contributed by atoms with Gasteiger partial charge >= 0.3 is 0 Å². The lowest BCUT2D eigenvalue weighted by molar-refractivity contribution is -0.120. The number of rotatable bonds is 7. The minimum atomic E-state index is -3.68. The van der Waals surface area contributed by atoms with Crippen molar-refractivity contribution in [2.45, 2.75) is 31.6 Å². The number of nitrogens with zero attached hydrogens (tertiary/aromatic N) is 1. The molecule has 162 valence electrons. The zero-order valence-corrected chi connectivity index (χ0v) is 18.4. The molecule has 0 aliphatic carbocycles. The summed E-state index contributed by atoms with van der Waals surface area (Å²) >= 11 is 0. The van der Waals surface area contributed by atoms with Crippen LogP contribution < -0.4 is 14.8 Å². The monoisotopic (exact) mass is 432 g/mol. The SMILES string of the molecule is CCOc1ccc(NC(=O)[C@@H]2CCCN(S(=O)(=O)c3ccc(OC)c(C)c3)C2)cc1. The number of piperidine rings is 1. The number of anilines is 1.